The fourth-order valence-electron chi connectivity index (χ4n) is 1.85. The van der Waals surface area contributed by atoms with E-state index in [0.717, 1.165) is 17.7 Å². The average Bonchev–Trinajstić information content (AvgIpc) is 3.01. The van der Waals surface area contributed by atoms with Crippen molar-refractivity contribution in [1.29, 1.82) is 0 Å². The molecule has 2 heterocycles. The quantitative estimate of drug-likeness (QED) is 0.838. The van der Waals surface area contributed by atoms with Crippen LogP contribution in [0.5, 0.6) is 0 Å². The second-order valence-electron chi connectivity index (χ2n) is 5.60. The number of hydrogen-bond donors (Lipinski definition) is 2. The molecule has 0 spiro atoms. The molecule has 0 unspecified atom stereocenters. The predicted molar refractivity (Wildman–Crippen MR) is 93.5 cm³/mol. The Morgan fingerprint density at radius 2 is 2.04 bits per heavy atom. The molecule has 3 N–H and O–H groups in total. The fourth-order valence-corrected chi connectivity index (χ4v) is 2.57. The minimum atomic E-state index is -0.532. The lowest BCUT2D eigenvalue weighted by atomic mass is 10.00. The van der Waals surface area contributed by atoms with Crippen LogP contribution in [-0.2, 0) is 4.79 Å². The molecule has 2 atom stereocenters. The van der Waals surface area contributed by atoms with Crippen LogP contribution in [0.3, 0.4) is 0 Å². The van der Waals surface area contributed by atoms with Crippen molar-refractivity contribution in [2.24, 2.45) is 11.7 Å². The standard InChI is InChI=1S/C15H22N6OS/c1-5-9(2)12(16)13(22)20-15-19-11(8-23-15)10-6-17-14(18-7-10)21(3)4/h6-9,12H,5,16H2,1-4H3,(H,19,20,22)/t9-,12-/m0/s1. The summed E-state index contributed by atoms with van der Waals surface area (Å²) in [6, 6.07) is -0.532. The summed E-state index contributed by atoms with van der Waals surface area (Å²) in [5, 5.41) is 5.16. The Kier molecular flexibility index (Phi) is 5.62. The topological polar surface area (TPSA) is 97.0 Å². The minimum Gasteiger partial charge on any atom is -0.347 e. The zero-order chi connectivity index (χ0) is 17.0. The van der Waals surface area contributed by atoms with E-state index < -0.39 is 6.04 Å². The molecule has 0 aliphatic rings. The maximum Gasteiger partial charge on any atom is 0.243 e. The Balaban J connectivity index is 2.07. The highest BCUT2D eigenvalue weighted by molar-refractivity contribution is 7.14. The van der Waals surface area contributed by atoms with Crippen molar-refractivity contribution in [3.63, 3.8) is 0 Å². The normalized spacial score (nSPS) is 13.4. The van der Waals surface area contributed by atoms with Crippen molar-refractivity contribution in [3.05, 3.63) is 17.8 Å². The molecule has 0 saturated carbocycles. The van der Waals surface area contributed by atoms with Gasteiger partial charge in [0, 0.05) is 37.4 Å². The number of nitrogens with two attached hydrogens (primary N) is 1. The van der Waals surface area contributed by atoms with Crippen LogP contribution >= 0.6 is 11.3 Å². The summed E-state index contributed by atoms with van der Waals surface area (Å²) >= 11 is 1.36. The zero-order valence-electron chi connectivity index (χ0n) is 13.8. The van der Waals surface area contributed by atoms with E-state index in [0.29, 0.717) is 11.1 Å². The maximum atomic E-state index is 12.1. The summed E-state index contributed by atoms with van der Waals surface area (Å²) in [5.74, 6) is 0.554. The number of nitrogens with zero attached hydrogens (tertiary/aromatic N) is 4. The summed E-state index contributed by atoms with van der Waals surface area (Å²) in [6.07, 6.45) is 4.29. The molecule has 2 aromatic rings. The molecule has 0 saturated heterocycles. The van der Waals surface area contributed by atoms with Crippen molar-refractivity contribution in [2.45, 2.75) is 26.3 Å². The third kappa shape index (κ3) is 4.23. The van der Waals surface area contributed by atoms with Gasteiger partial charge in [0.15, 0.2) is 5.13 Å². The molecule has 2 aromatic heterocycles. The lowest BCUT2D eigenvalue weighted by molar-refractivity contribution is -0.118. The van der Waals surface area contributed by atoms with E-state index in [1.807, 2.05) is 38.2 Å². The Labute approximate surface area is 140 Å². The number of nitrogens with one attached hydrogen (secondary N) is 1. The van der Waals surface area contributed by atoms with Gasteiger partial charge < -0.3 is 16.0 Å². The monoisotopic (exact) mass is 334 g/mol. The number of carbonyl (C=O) groups is 1. The Hall–Kier alpha value is -2.06. The number of thiazole rings is 1. The van der Waals surface area contributed by atoms with Crippen molar-refractivity contribution in [1.82, 2.24) is 15.0 Å². The molecule has 0 bridgehead atoms. The zero-order valence-corrected chi connectivity index (χ0v) is 14.6. The van der Waals surface area contributed by atoms with Crippen LogP contribution in [0.25, 0.3) is 11.3 Å². The van der Waals surface area contributed by atoms with E-state index >= 15 is 0 Å². The van der Waals surface area contributed by atoms with Gasteiger partial charge in [-0.1, -0.05) is 20.3 Å². The van der Waals surface area contributed by atoms with Gasteiger partial charge in [0.25, 0.3) is 0 Å². The fraction of sp³-hybridized carbons (Fsp3) is 0.467. The Morgan fingerprint density at radius 1 is 1.39 bits per heavy atom. The van der Waals surface area contributed by atoms with Gasteiger partial charge in [0.2, 0.25) is 11.9 Å². The van der Waals surface area contributed by atoms with Crippen molar-refractivity contribution in [3.8, 4) is 11.3 Å². The molecule has 0 aromatic carbocycles. The van der Waals surface area contributed by atoms with Gasteiger partial charge in [0.05, 0.1) is 11.7 Å². The van der Waals surface area contributed by atoms with Crippen LogP contribution in [0.4, 0.5) is 11.1 Å². The number of amides is 1. The van der Waals surface area contributed by atoms with Gasteiger partial charge in [-0.05, 0) is 5.92 Å². The van der Waals surface area contributed by atoms with Crippen LogP contribution in [0.15, 0.2) is 17.8 Å². The summed E-state index contributed by atoms with van der Waals surface area (Å²) in [7, 11) is 3.76. The highest BCUT2D eigenvalue weighted by atomic mass is 32.1. The minimum absolute atomic E-state index is 0.126. The van der Waals surface area contributed by atoms with Crippen LogP contribution in [0, 0.1) is 5.92 Å². The molecule has 0 fully saturated rings. The van der Waals surface area contributed by atoms with Crippen LogP contribution in [0.2, 0.25) is 0 Å². The first-order chi connectivity index (χ1) is 10.9. The summed E-state index contributed by atoms with van der Waals surface area (Å²) in [6.45, 7) is 3.97. The van der Waals surface area contributed by atoms with Gasteiger partial charge in [-0.15, -0.1) is 11.3 Å². The van der Waals surface area contributed by atoms with Crippen LogP contribution in [-0.4, -0.2) is 41.0 Å². The summed E-state index contributed by atoms with van der Waals surface area (Å²) < 4.78 is 0. The van der Waals surface area contributed by atoms with Crippen molar-refractivity contribution >= 4 is 28.3 Å². The van der Waals surface area contributed by atoms with E-state index in [1.165, 1.54) is 11.3 Å². The Bertz CT molecular complexity index is 654. The molecule has 0 aliphatic heterocycles. The number of hydrogen-bond acceptors (Lipinski definition) is 7. The van der Waals surface area contributed by atoms with Crippen LogP contribution in [0.1, 0.15) is 20.3 Å². The molecule has 0 aliphatic carbocycles. The van der Waals surface area contributed by atoms with Gasteiger partial charge in [-0.3, -0.25) is 4.79 Å². The molecular formula is C15H22N6OS. The van der Waals surface area contributed by atoms with Gasteiger partial charge in [0.1, 0.15) is 0 Å². The van der Waals surface area contributed by atoms with E-state index in [9.17, 15) is 4.79 Å². The number of carbonyl (C=O) groups excluding carboxylic acids is 1. The van der Waals surface area contributed by atoms with E-state index in [1.54, 1.807) is 12.4 Å². The number of aromatic nitrogens is 3. The summed E-state index contributed by atoms with van der Waals surface area (Å²) in [4.78, 5) is 26.8. The van der Waals surface area contributed by atoms with Gasteiger partial charge in [-0.2, -0.15) is 0 Å². The van der Waals surface area contributed by atoms with Crippen molar-refractivity contribution < 1.29 is 4.79 Å². The molecule has 7 nitrogen and oxygen atoms in total. The lowest BCUT2D eigenvalue weighted by Crippen LogP contribution is -2.40. The second kappa shape index (κ2) is 7.47. The number of rotatable bonds is 6. The first kappa shape index (κ1) is 17.3. The van der Waals surface area contributed by atoms with Crippen LogP contribution < -0.4 is 16.0 Å². The average molecular weight is 334 g/mol. The molecule has 124 valence electrons. The van der Waals surface area contributed by atoms with Gasteiger partial charge in [-0.25, -0.2) is 15.0 Å². The molecule has 2 rings (SSSR count). The van der Waals surface area contributed by atoms with Gasteiger partial charge >= 0.3 is 0 Å². The molecular weight excluding hydrogens is 312 g/mol. The Morgan fingerprint density at radius 3 is 2.61 bits per heavy atom. The SMILES string of the molecule is CC[C@H](C)[C@H](N)C(=O)Nc1nc(-c2cnc(N(C)C)nc2)cs1. The molecule has 8 heteroatoms. The summed E-state index contributed by atoms with van der Waals surface area (Å²) in [5.41, 5.74) is 7.46. The van der Waals surface area contributed by atoms with E-state index in [-0.39, 0.29) is 11.8 Å². The first-order valence-corrected chi connectivity index (χ1v) is 8.32. The smallest absolute Gasteiger partial charge is 0.243 e. The van der Waals surface area contributed by atoms with Crippen molar-refractivity contribution in [2.75, 3.05) is 24.3 Å². The highest BCUT2D eigenvalue weighted by Gasteiger charge is 2.20. The maximum absolute atomic E-state index is 12.1. The second-order valence-corrected chi connectivity index (χ2v) is 6.46. The third-order valence-corrected chi connectivity index (χ3v) is 4.39. The highest BCUT2D eigenvalue weighted by Crippen LogP contribution is 2.24. The van der Waals surface area contributed by atoms with E-state index in [4.69, 9.17) is 5.73 Å². The first-order valence-electron chi connectivity index (χ1n) is 7.44. The molecule has 23 heavy (non-hydrogen) atoms. The largest absolute Gasteiger partial charge is 0.347 e. The molecule has 1 amide bonds. The number of anilines is 2. The third-order valence-electron chi connectivity index (χ3n) is 3.63. The molecule has 0 radical (unpaired) electrons. The lowest BCUT2D eigenvalue weighted by Gasteiger charge is -2.16. The van der Waals surface area contributed by atoms with E-state index in [2.05, 4.69) is 20.3 Å². The predicted octanol–water partition coefficient (Wildman–Crippen LogP) is 1.98.